The van der Waals surface area contributed by atoms with Crippen LogP contribution in [0, 0.1) is 5.92 Å². The Hall–Kier alpha value is -0.250. The number of nitrogens with zero attached hydrogens (tertiary/aromatic N) is 2. The number of hydrogen-bond donors (Lipinski definition) is 0. The fourth-order valence-corrected chi connectivity index (χ4v) is 3.58. The van der Waals surface area contributed by atoms with Gasteiger partial charge in [-0.15, -0.1) is 23.2 Å². The molecule has 0 aromatic heterocycles. The first-order chi connectivity index (χ1) is 9.10. The third kappa shape index (κ3) is 4.11. The van der Waals surface area contributed by atoms with Crippen molar-refractivity contribution in [1.82, 2.24) is 9.80 Å². The molecule has 0 aromatic carbocycles. The summed E-state index contributed by atoms with van der Waals surface area (Å²) in [4.78, 5) is 15.8. The van der Waals surface area contributed by atoms with Crippen LogP contribution in [0.15, 0.2) is 12.7 Å². The molecule has 0 spiro atoms. The predicted molar refractivity (Wildman–Crippen MR) is 79.8 cm³/mol. The number of carbonyl (C=O) groups is 1. The fraction of sp³-hybridized carbons (Fsp3) is 0.786. The number of amides is 1. The minimum Gasteiger partial charge on any atom is -0.337 e. The van der Waals surface area contributed by atoms with Crippen LogP contribution in [0.5, 0.6) is 0 Å². The van der Waals surface area contributed by atoms with E-state index in [4.69, 9.17) is 23.2 Å². The molecule has 2 fully saturated rings. The molecule has 3 nitrogen and oxygen atoms in total. The lowest BCUT2D eigenvalue weighted by Gasteiger charge is -2.38. The lowest BCUT2D eigenvalue weighted by atomic mass is 9.88. The molecule has 1 aliphatic heterocycles. The summed E-state index contributed by atoms with van der Waals surface area (Å²) in [5, 5.41) is 0.254. The third-order valence-electron chi connectivity index (χ3n) is 4.18. The minimum atomic E-state index is 0.0446. The summed E-state index contributed by atoms with van der Waals surface area (Å²) < 4.78 is 0. The molecular formula is C14H22Cl2N2O. The van der Waals surface area contributed by atoms with Gasteiger partial charge in [0.1, 0.15) is 0 Å². The third-order valence-corrected chi connectivity index (χ3v) is 5.31. The monoisotopic (exact) mass is 304 g/mol. The van der Waals surface area contributed by atoms with Crippen molar-refractivity contribution in [3.05, 3.63) is 12.7 Å². The second-order valence-electron chi connectivity index (χ2n) is 5.54. The Morgan fingerprint density at radius 1 is 1.16 bits per heavy atom. The predicted octanol–water partition coefficient (Wildman–Crippen LogP) is 2.33. The molecule has 0 N–H and O–H groups in total. The van der Waals surface area contributed by atoms with Gasteiger partial charge in [-0.1, -0.05) is 6.58 Å². The van der Waals surface area contributed by atoms with Crippen molar-refractivity contribution in [3.63, 3.8) is 0 Å². The van der Waals surface area contributed by atoms with E-state index in [1.165, 1.54) is 12.5 Å². The standard InChI is InChI=1S/C14H22Cl2N2O/c1-2-14(19)18-7-5-17(6-8-18)10-11-3-4-12(15)13(16)9-11/h2,11-13H,1,3-10H2. The lowest BCUT2D eigenvalue weighted by Crippen LogP contribution is -2.49. The van der Waals surface area contributed by atoms with Gasteiger partial charge in [-0.3, -0.25) is 9.69 Å². The molecule has 1 saturated carbocycles. The van der Waals surface area contributed by atoms with Crippen LogP contribution in [-0.2, 0) is 4.79 Å². The molecule has 108 valence electrons. The van der Waals surface area contributed by atoms with Crippen LogP contribution in [-0.4, -0.2) is 59.2 Å². The van der Waals surface area contributed by atoms with E-state index in [0.29, 0.717) is 5.92 Å². The van der Waals surface area contributed by atoms with E-state index >= 15 is 0 Å². The summed E-state index contributed by atoms with van der Waals surface area (Å²) in [6, 6.07) is 0. The Bertz CT molecular complexity index is 329. The van der Waals surface area contributed by atoms with Crippen LogP contribution in [0.1, 0.15) is 19.3 Å². The summed E-state index contributed by atoms with van der Waals surface area (Å²) >= 11 is 12.4. The van der Waals surface area contributed by atoms with Gasteiger partial charge in [-0.25, -0.2) is 0 Å². The van der Waals surface area contributed by atoms with Crippen LogP contribution >= 0.6 is 23.2 Å². The van der Waals surface area contributed by atoms with Crippen molar-refractivity contribution in [1.29, 1.82) is 0 Å². The van der Waals surface area contributed by atoms with E-state index in [9.17, 15) is 4.79 Å². The zero-order valence-electron chi connectivity index (χ0n) is 11.2. The molecule has 0 bridgehead atoms. The molecule has 3 unspecified atom stereocenters. The fourth-order valence-electron chi connectivity index (χ4n) is 2.97. The quantitative estimate of drug-likeness (QED) is 0.590. The molecule has 1 aliphatic carbocycles. The van der Waals surface area contributed by atoms with Crippen molar-refractivity contribution in [2.45, 2.75) is 30.0 Å². The smallest absolute Gasteiger partial charge is 0.246 e. The highest BCUT2D eigenvalue weighted by molar-refractivity contribution is 6.30. The molecule has 19 heavy (non-hydrogen) atoms. The van der Waals surface area contributed by atoms with E-state index < -0.39 is 0 Å². The summed E-state index contributed by atoms with van der Waals surface area (Å²) in [7, 11) is 0. The molecule has 3 atom stereocenters. The van der Waals surface area contributed by atoms with Gasteiger partial charge in [-0.05, 0) is 31.3 Å². The van der Waals surface area contributed by atoms with Gasteiger partial charge in [0.05, 0.1) is 5.38 Å². The van der Waals surface area contributed by atoms with Crippen LogP contribution < -0.4 is 0 Å². The topological polar surface area (TPSA) is 23.6 Å². The second kappa shape index (κ2) is 6.96. The zero-order valence-corrected chi connectivity index (χ0v) is 12.7. The first kappa shape index (κ1) is 15.1. The molecule has 5 heteroatoms. The van der Waals surface area contributed by atoms with E-state index in [1.807, 2.05) is 4.90 Å². The van der Waals surface area contributed by atoms with E-state index in [-0.39, 0.29) is 16.7 Å². The molecule has 0 aromatic rings. The van der Waals surface area contributed by atoms with E-state index in [0.717, 1.165) is 45.6 Å². The SMILES string of the molecule is C=CC(=O)N1CCN(CC2CCC(Cl)C(Cl)C2)CC1. The average Bonchev–Trinajstić information content (AvgIpc) is 2.43. The molecule has 2 aliphatic rings. The maximum absolute atomic E-state index is 11.5. The molecule has 1 amide bonds. The van der Waals surface area contributed by atoms with Crippen LogP contribution in [0.25, 0.3) is 0 Å². The van der Waals surface area contributed by atoms with Gasteiger partial charge >= 0.3 is 0 Å². The number of piperazine rings is 1. The normalized spacial score (nSPS) is 33.2. The number of hydrogen-bond acceptors (Lipinski definition) is 2. The van der Waals surface area contributed by atoms with Gasteiger partial charge in [0, 0.05) is 38.1 Å². The molecule has 2 rings (SSSR count). The Kier molecular flexibility index (Phi) is 5.55. The maximum atomic E-state index is 11.5. The summed E-state index contributed by atoms with van der Waals surface area (Å²) in [6.07, 6.45) is 4.61. The largest absolute Gasteiger partial charge is 0.337 e. The van der Waals surface area contributed by atoms with Crippen LogP contribution in [0.2, 0.25) is 0 Å². The van der Waals surface area contributed by atoms with Crippen LogP contribution in [0.4, 0.5) is 0 Å². The number of carbonyl (C=O) groups excluding carboxylic acids is 1. The van der Waals surface area contributed by atoms with Gasteiger partial charge < -0.3 is 4.90 Å². The first-order valence-electron chi connectivity index (χ1n) is 7.02. The summed E-state index contributed by atoms with van der Waals surface area (Å²) in [6.45, 7) is 8.13. The highest BCUT2D eigenvalue weighted by Crippen LogP contribution is 2.32. The Morgan fingerprint density at radius 3 is 2.42 bits per heavy atom. The van der Waals surface area contributed by atoms with Gasteiger partial charge in [0.25, 0.3) is 0 Å². The van der Waals surface area contributed by atoms with Gasteiger partial charge in [0.2, 0.25) is 5.91 Å². The first-order valence-corrected chi connectivity index (χ1v) is 7.89. The second-order valence-corrected chi connectivity index (χ2v) is 6.66. The summed E-state index contributed by atoms with van der Waals surface area (Å²) in [5.41, 5.74) is 0. The average molecular weight is 305 g/mol. The van der Waals surface area contributed by atoms with Crippen molar-refractivity contribution >= 4 is 29.1 Å². The van der Waals surface area contributed by atoms with Gasteiger partial charge in [-0.2, -0.15) is 0 Å². The van der Waals surface area contributed by atoms with Gasteiger partial charge in [0.15, 0.2) is 0 Å². The number of rotatable bonds is 3. The van der Waals surface area contributed by atoms with Crippen molar-refractivity contribution < 1.29 is 4.79 Å². The van der Waals surface area contributed by atoms with Crippen LogP contribution in [0.3, 0.4) is 0 Å². The molecule has 1 saturated heterocycles. The van der Waals surface area contributed by atoms with E-state index in [2.05, 4.69) is 11.5 Å². The van der Waals surface area contributed by atoms with Crippen molar-refractivity contribution in [2.24, 2.45) is 5.92 Å². The zero-order chi connectivity index (χ0) is 13.8. The Labute approximate surface area is 125 Å². The van der Waals surface area contributed by atoms with Crippen molar-refractivity contribution in [3.8, 4) is 0 Å². The molecule has 1 heterocycles. The highest BCUT2D eigenvalue weighted by Gasteiger charge is 2.29. The minimum absolute atomic E-state index is 0.0446. The maximum Gasteiger partial charge on any atom is 0.246 e. The number of halogens is 2. The molecular weight excluding hydrogens is 283 g/mol. The summed E-state index contributed by atoms with van der Waals surface area (Å²) in [5.74, 6) is 0.697. The Balaban J connectivity index is 1.74. The number of alkyl halides is 2. The lowest BCUT2D eigenvalue weighted by molar-refractivity contribution is -0.127. The molecule has 0 radical (unpaired) electrons. The van der Waals surface area contributed by atoms with Crippen molar-refractivity contribution in [2.75, 3.05) is 32.7 Å². The van der Waals surface area contributed by atoms with E-state index in [1.54, 1.807) is 0 Å². The Morgan fingerprint density at radius 2 is 1.84 bits per heavy atom. The highest BCUT2D eigenvalue weighted by atomic mass is 35.5.